The molecule has 2 N–H and O–H groups in total. The highest BCUT2D eigenvalue weighted by Gasteiger charge is 2.34. The van der Waals surface area contributed by atoms with Crippen LogP contribution in [-0.2, 0) is 6.54 Å². The molecule has 3 rings (SSSR count). The molecule has 0 unspecified atom stereocenters. The molecule has 0 aliphatic carbocycles. The standard InChI is InChI=1S/C19H23NO3/c1-23-16-7-8-17(19(22)9-16)18-12-20(11-15(18)13-21)10-14-5-3-2-4-6-14/h2-9,15,18,21-22H,10-13H2,1H3/t15-,18-/m0/s1. The van der Waals surface area contributed by atoms with Gasteiger partial charge in [0.15, 0.2) is 0 Å². The number of benzene rings is 2. The Hall–Kier alpha value is -2.04. The Bertz CT molecular complexity index is 644. The summed E-state index contributed by atoms with van der Waals surface area (Å²) in [5, 5.41) is 20.0. The van der Waals surface area contributed by atoms with Gasteiger partial charge in [0, 0.05) is 44.1 Å². The molecule has 1 heterocycles. The van der Waals surface area contributed by atoms with E-state index in [9.17, 15) is 10.2 Å². The van der Waals surface area contributed by atoms with Gasteiger partial charge in [0.1, 0.15) is 11.5 Å². The van der Waals surface area contributed by atoms with E-state index in [0.29, 0.717) is 5.75 Å². The van der Waals surface area contributed by atoms with Crippen molar-refractivity contribution < 1.29 is 14.9 Å². The molecule has 2 atom stereocenters. The average Bonchev–Trinajstić information content (AvgIpc) is 2.98. The summed E-state index contributed by atoms with van der Waals surface area (Å²) in [6.45, 7) is 2.66. The zero-order valence-corrected chi connectivity index (χ0v) is 13.4. The molecule has 2 aromatic rings. The molecule has 0 aromatic heterocycles. The van der Waals surface area contributed by atoms with Crippen molar-refractivity contribution in [1.82, 2.24) is 4.90 Å². The minimum atomic E-state index is 0.126. The molecule has 0 amide bonds. The second-order valence-corrected chi connectivity index (χ2v) is 6.15. The number of hydrogen-bond acceptors (Lipinski definition) is 4. The molecule has 4 nitrogen and oxygen atoms in total. The van der Waals surface area contributed by atoms with Crippen LogP contribution in [0.1, 0.15) is 17.0 Å². The van der Waals surface area contributed by atoms with E-state index in [1.165, 1.54) is 5.56 Å². The minimum absolute atomic E-state index is 0.126. The highest BCUT2D eigenvalue weighted by molar-refractivity contribution is 5.42. The highest BCUT2D eigenvalue weighted by atomic mass is 16.5. The van der Waals surface area contributed by atoms with Gasteiger partial charge in [-0.05, 0) is 17.2 Å². The molecule has 4 heteroatoms. The Morgan fingerprint density at radius 3 is 2.57 bits per heavy atom. The summed E-state index contributed by atoms with van der Waals surface area (Å²) in [6, 6.07) is 15.8. The first-order valence-corrected chi connectivity index (χ1v) is 7.95. The van der Waals surface area contributed by atoms with Gasteiger partial charge < -0.3 is 14.9 Å². The van der Waals surface area contributed by atoms with Crippen LogP contribution < -0.4 is 4.74 Å². The molecule has 0 radical (unpaired) electrons. The predicted octanol–water partition coefficient (Wildman–Crippen LogP) is 2.61. The number of hydrogen-bond donors (Lipinski definition) is 2. The molecule has 0 spiro atoms. The number of aliphatic hydroxyl groups is 1. The van der Waals surface area contributed by atoms with Crippen LogP contribution in [-0.4, -0.2) is 41.9 Å². The van der Waals surface area contributed by atoms with E-state index in [1.807, 2.05) is 30.3 Å². The molecule has 1 aliphatic heterocycles. The third-order valence-electron chi connectivity index (χ3n) is 4.64. The Labute approximate surface area is 136 Å². The van der Waals surface area contributed by atoms with Gasteiger partial charge in [0.05, 0.1) is 7.11 Å². The second-order valence-electron chi connectivity index (χ2n) is 6.15. The molecule has 1 saturated heterocycles. The lowest BCUT2D eigenvalue weighted by atomic mass is 9.89. The maximum Gasteiger partial charge on any atom is 0.122 e. The van der Waals surface area contributed by atoms with Gasteiger partial charge in [0.2, 0.25) is 0 Å². The van der Waals surface area contributed by atoms with Crippen molar-refractivity contribution in [3.8, 4) is 11.5 Å². The van der Waals surface area contributed by atoms with E-state index in [-0.39, 0.29) is 24.2 Å². The van der Waals surface area contributed by atoms with Gasteiger partial charge in [-0.2, -0.15) is 0 Å². The van der Waals surface area contributed by atoms with E-state index in [2.05, 4.69) is 17.0 Å². The predicted molar refractivity (Wildman–Crippen MR) is 89.7 cm³/mol. The van der Waals surface area contributed by atoms with Gasteiger partial charge >= 0.3 is 0 Å². The molecule has 23 heavy (non-hydrogen) atoms. The summed E-state index contributed by atoms with van der Waals surface area (Å²) in [5.41, 5.74) is 2.16. The first-order valence-electron chi connectivity index (χ1n) is 7.95. The van der Waals surface area contributed by atoms with Crippen molar-refractivity contribution in [3.63, 3.8) is 0 Å². The molecular weight excluding hydrogens is 290 g/mol. The number of aliphatic hydroxyl groups excluding tert-OH is 1. The number of likely N-dealkylation sites (tertiary alicyclic amines) is 1. The van der Waals surface area contributed by atoms with Crippen molar-refractivity contribution in [1.29, 1.82) is 0 Å². The van der Waals surface area contributed by atoms with E-state index in [4.69, 9.17) is 4.74 Å². The van der Waals surface area contributed by atoms with E-state index in [0.717, 1.165) is 25.2 Å². The summed E-state index contributed by atoms with van der Waals surface area (Å²) in [5.74, 6) is 1.16. The Kier molecular flexibility index (Phi) is 4.84. The monoisotopic (exact) mass is 313 g/mol. The summed E-state index contributed by atoms with van der Waals surface area (Å²) >= 11 is 0. The molecular formula is C19H23NO3. The van der Waals surface area contributed by atoms with E-state index < -0.39 is 0 Å². The number of nitrogens with zero attached hydrogens (tertiary/aromatic N) is 1. The van der Waals surface area contributed by atoms with Crippen molar-refractivity contribution in [2.24, 2.45) is 5.92 Å². The van der Waals surface area contributed by atoms with Crippen LogP contribution in [0.3, 0.4) is 0 Å². The van der Waals surface area contributed by atoms with E-state index >= 15 is 0 Å². The van der Waals surface area contributed by atoms with Crippen LogP contribution in [0.25, 0.3) is 0 Å². The third-order valence-corrected chi connectivity index (χ3v) is 4.64. The Morgan fingerprint density at radius 1 is 1.13 bits per heavy atom. The molecule has 1 aliphatic rings. The van der Waals surface area contributed by atoms with Gasteiger partial charge in [-0.1, -0.05) is 36.4 Å². The minimum Gasteiger partial charge on any atom is -0.508 e. The maximum atomic E-state index is 10.3. The smallest absolute Gasteiger partial charge is 0.122 e. The number of methoxy groups -OCH3 is 1. The number of phenolic OH excluding ortho intramolecular Hbond substituents is 1. The van der Waals surface area contributed by atoms with Crippen LogP contribution in [0.15, 0.2) is 48.5 Å². The van der Waals surface area contributed by atoms with Gasteiger partial charge in [-0.3, -0.25) is 4.90 Å². The van der Waals surface area contributed by atoms with Crippen LogP contribution in [0.4, 0.5) is 0 Å². The summed E-state index contributed by atoms with van der Waals surface area (Å²) in [4.78, 5) is 2.34. The van der Waals surface area contributed by atoms with Crippen molar-refractivity contribution >= 4 is 0 Å². The highest BCUT2D eigenvalue weighted by Crippen LogP contribution is 2.38. The molecule has 2 aromatic carbocycles. The van der Waals surface area contributed by atoms with Crippen molar-refractivity contribution in [2.45, 2.75) is 12.5 Å². The third kappa shape index (κ3) is 3.49. The fourth-order valence-corrected chi connectivity index (χ4v) is 3.43. The first kappa shape index (κ1) is 15.8. The average molecular weight is 313 g/mol. The normalized spacial score (nSPS) is 21.5. The number of rotatable bonds is 5. The SMILES string of the molecule is COc1ccc([C@H]2CN(Cc3ccccc3)C[C@H]2CO)c(O)c1. The lowest BCUT2D eigenvalue weighted by Crippen LogP contribution is -2.20. The maximum absolute atomic E-state index is 10.3. The Balaban J connectivity index is 1.77. The quantitative estimate of drug-likeness (QED) is 0.891. The summed E-state index contributed by atoms with van der Waals surface area (Å²) in [6.07, 6.45) is 0. The first-order chi connectivity index (χ1) is 11.2. The number of phenols is 1. The van der Waals surface area contributed by atoms with Crippen LogP contribution in [0.5, 0.6) is 11.5 Å². The molecule has 122 valence electrons. The summed E-state index contributed by atoms with van der Waals surface area (Å²) < 4.78 is 5.15. The zero-order valence-electron chi connectivity index (χ0n) is 13.4. The van der Waals surface area contributed by atoms with Crippen LogP contribution in [0.2, 0.25) is 0 Å². The van der Waals surface area contributed by atoms with Crippen molar-refractivity contribution in [2.75, 3.05) is 26.8 Å². The van der Waals surface area contributed by atoms with Crippen LogP contribution in [0, 0.1) is 5.92 Å². The molecule has 0 saturated carbocycles. The fourth-order valence-electron chi connectivity index (χ4n) is 3.43. The Morgan fingerprint density at radius 2 is 1.91 bits per heavy atom. The zero-order chi connectivity index (χ0) is 16.2. The summed E-state index contributed by atoms with van der Waals surface area (Å²) in [7, 11) is 1.59. The lowest BCUT2D eigenvalue weighted by Gasteiger charge is -2.18. The molecule has 0 bridgehead atoms. The van der Waals surface area contributed by atoms with E-state index in [1.54, 1.807) is 13.2 Å². The van der Waals surface area contributed by atoms with Crippen molar-refractivity contribution in [3.05, 3.63) is 59.7 Å². The number of ether oxygens (including phenoxy) is 1. The number of aromatic hydroxyl groups is 1. The molecule has 1 fully saturated rings. The van der Waals surface area contributed by atoms with Crippen LogP contribution >= 0.6 is 0 Å². The van der Waals surface area contributed by atoms with Gasteiger partial charge in [0.25, 0.3) is 0 Å². The fraction of sp³-hybridized carbons (Fsp3) is 0.368. The topological polar surface area (TPSA) is 52.9 Å². The largest absolute Gasteiger partial charge is 0.508 e. The second kappa shape index (κ2) is 7.02. The van der Waals surface area contributed by atoms with Gasteiger partial charge in [-0.25, -0.2) is 0 Å². The lowest BCUT2D eigenvalue weighted by molar-refractivity contribution is 0.213. The van der Waals surface area contributed by atoms with Gasteiger partial charge in [-0.15, -0.1) is 0 Å².